The smallest absolute Gasteiger partial charge is 0.319 e. The normalized spacial score (nSPS) is 24.6. The van der Waals surface area contributed by atoms with Crippen molar-refractivity contribution in [2.45, 2.75) is 12.8 Å². The summed E-state index contributed by atoms with van der Waals surface area (Å²) in [4.78, 5) is 31.4. The molecule has 1 aromatic rings. The standard InChI is InChI=1S/C18H26N4O3/c1-21(25-2)17(23)14-3-5-16(6-4-14)20-18(24)19-11-15-12-22-9-7-13(15)8-10-22/h3-6,13,15H,7-12H2,1-2H3,(H2,19,20,24). The van der Waals surface area contributed by atoms with E-state index in [0.29, 0.717) is 23.7 Å². The van der Waals surface area contributed by atoms with Crippen LogP contribution in [0, 0.1) is 11.8 Å². The lowest BCUT2D eigenvalue weighted by Gasteiger charge is -2.44. The van der Waals surface area contributed by atoms with Crippen LogP contribution in [0.1, 0.15) is 23.2 Å². The first kappa shape index (κ1) is 17.7. The summed E-state index contributed by atoms with van der Waals surface area (Å²) >= 11 is 0. The molecule has 3 amide bonds. The van der Waals surface area contributed by atoms with E-state index in [1.807, 2.05) is 0 Å². The van der Waals surface area contributed by atoms with Crippen LogP contribution in [0.5, 0.6) is 0 Å². The van der Waals surface area contributed by atoms with Crippen LogP contribution in [-0.2, 0) is 4.84 Å². The van der Waals surface area contributed by atoms with Gasteiger partial charge in [-0.3, -0.25) is 9.63 Å². The average Bonchev–Trinajstić information content (AvgIpc) is 2.66. The van der Waals surface area contributed by atoms with Crippen molar-refractivity contribution in [3.8, 4) is 0 Å². The van der Waals surface area contributed by atoms with Crippen molar-refractivity contribution in [2.24, 2.45) is 11.8 Å². The topological polar surface area (TPSA) is 73.9 Å². The third kappa shape index (κ3) is 4.29. The lowest BCUT2D eigenvalue weighted by atomic mass is 9.79. The summed E-state index contributed by atoms with van der Waals surface area (Å²) < 4.78 is 0. The van der Waals surface area contributed by atoms with Crippen LogP contribution in [0.4, 0.5) is 10.5 Å². The Bertz CT molecular complexity index is 611. The number of rotatable bonds is 5. The van der Waals surface area contributed by atoms with Crippen LogP contribution in [0.15, 0.2) is 24.3 Å². The van der Waals surface area contributed by atoms with Crippen LogP contribution < -0.4 is 10.6 Å². The summed E-state index contributed by atoms with van der Waals surface area (Å²) in [5.41, 5.74) is 1.16. The molecule has 1 aromatic carbocycles. The molecule has 2 bridgehead atoms. The van der Waals surface area contributed by atoms with Crippen molar-refractivity contribution < 1.29 is 14.4 Å². The van der Waals surface area contributed by atoms with Crippen molar-refractivity contribution in [1.29, 1.82) is 0 Å². The molecule has 25 heavy (non-hydrogen) atoms. The molecule has 3 aliphatic rings. The highest BCUT2D eigenvalue weighted by Gasteiger charge is 2.33. The molecule has 4 rings (SSSR count). The van der Waals surface area contributed by atoms with Gasteiger partial charge in [0.25, 0.3) is 5.91 Å². The number of nitrogens with zero attached hydrogens (tertiary/aromatic N) is 2. The Morgan fingerprint density at radius 2 is 1.92 bits per heavy atom. The predicted molar refractivity (Wildman–Crippen MR) is 95.2 cm³/mol. The second kappa shape index (κ2) is 7.84. The molecule has 1 unspecified atom stereocenters. The number of anilines is 1. The van der Waals surface area contributed by atoms with E-state index in [9.17, 15) is 9.59 Å². The van der Waals surface area contributed by atoms with E-state index in [1.165, 1.54) is 33.0 Å². The second-order valence-electron chi connectivity index (χ2n) is 6.80. The number of benzene rings is 1. The van der Waals surface area contributed by atoms with Gasteiger partial charge in [0.15, 0.2) is 0 Å². The van der Waals surface area contributed by atoms with Crippen LogP contribution in [0.2, 0.25) is 0 Å². The molecule has 136 valence electrons. The Balaban J connectivity index is 1.47. The molecule has 1 atom stereocenters. The van der Waals surface area contributed by atoms with Crippen molar-refractivity contribution in [1.82, 2.24) is 15.3 Å². The maximum absolute atomic E-state index is 12.1. The quantitative estimate of drug-likeness (QED) is 0.797. The molecule has 3 heterocycles. The molecule has 0 radical (unpaired) electrons. The third-order valence-electron chi connectivity index (χ3n) is 5.27. The molecule has 0 saturated carbocycles. The number of fused-ring (bicyclic) bond motifs is 3. The SMILES string of the molecule is CON(C)C(=O)c1ccc(NC(=O)NCC2CN3CCC2CC3)cc1. The summed E-state index contributed by atoms with van der Waals surface area (Å²) in [7, 11) is 2.99. The van der Waals surface area contributed by atoms with E-state index >= 15 is 0 Å². The fourth-order valence-electron chi connectivity index (χ4n) is 3.68. The minimum absolute atomic E-state index is 0.204. The summed E-state index contributed by atoms with van der Waals surface area (Å²) in [5, 5.41) is 6.95. The summed E-state index contributed by atoms with van der Waals surface area (Å²) in [5.74, 6) is 1.06. The van der Waals surface area contributed by atoms with Crippen LogP contribution >= 0.6 is 0 Å². The zero-order valence-corrected chi connectivity index (χ0v) is 14.8. The average molecular weight is 346 g/mol. The van der Waals surface area contributed by atoms with Gasteiger partial charge in [0.1, 0.15) is 0 Å². The molecule has 3 aliphatic heterocycles. The zero-order valence-electron chi connectivity index (χ0n) is 14.8. The van der Waals surface area contributed by atoms with Crippen molar-refractivity contribution in [3.63, 3.8) is 0 Å². The third-order valence-corrected chi connectivity index (χ3v) is 5.27. The lowest BCUT2D eigenvalue weighted by Crippen LogP contribution is -2.51. The number of carbonyl (C=O) groups excluding carboxylic acids is 2. The molecular weight excluding hydrogens is 320 g/mol. The number of carbonyl (C=O) groups is 2. The van der Waals surface area contributed by atoms with Gasteiger partial charge in [-0.25, -0.2) is 9.86 Å². The molecule has 0 aliphatic carbocycles. The Labute approximate surface area is 148 Å². The van der Waals surface area contributed by atoms with Gasteiger partial charge in [-0.2, -0.15) is 0 Å². The highest BCUT2D eigenvalue weighted by Crippen LogP contribution is 2.31. The van der Waals surface area contributed by atoms with E-state index in [0.717, 1.165) is 17.5 Å². The Morgan fingerprint density at radius 1 is 1.24 bits per heavy atom. The number of hydrogen-bond donors (Lipinski definition) is 2. The maximum atomic E-state index is 12.1. The monoisotopic (exact) mass is 346 g/mol. The van der Waals surface area contributed by atoms with Gasteiger partial charge < -0.3 is 15.5 Å². The van der Waals surface area contributed by atoms with Gasteiger partial charge in [0, 0.05) is 31.4 Å². The second-order valence-corrected chi connectivity index (χ2v) is 6.80. The fraction of sp³-hybridized carbons (Fsp3) is 0.556. The molecule has 0 spiro atoms. The molecule has 7 nitrogen and oxygen atoms in total. The minimum Gasteiger partial charge on any atom is -0.338 e. The molecule has 3 saturated heterocycles. The first-order chi connectivity index (χ1) is 12.1. The van der Waals surface area contributed by atoms with E-state index < -0.39 is 0 Å². The molecule has 7 heteroatoms. The first-order valence-electron chi connectivity index (χ1n) is 8.76. The number of piperidine rings is 3. The Hall–Kier alpha value is -2.12. The Morgan fingerprint density at radius 3 is 2.48 bits per heavy atom. The largest absolute Gasteiger partial charge is 0.338 e. The van der Waals surface area contributed by atoms with E-state index in [-0.39, 0.29) is 11.9 Å². The molecule has 0 aromatic heterocycles. The fourth-order valence-corrected chi connectivity index (χ4v) is 3.68. The number of hydrogen-bond acceptors (Lipinski definition) is 4. The molecular formula is C18H26N4O3. The van der Waals surface area contributed by atoms with Crippen molar-refractivity contribution in [3.05, 3.63) is 29.8 Å². The van der Waals surface area contributed by atoms with Crippen molar-refractivity contribution in [2.75, 3.05) is 45.7 Å². The lowest BCUT2D eigenvalue weighted by molar-refractivity contribution is -0.0756. The van der Waals surface area contributed by atoms with Crippen LogP contribution in [-0.4, -0.2) is 62.2 Å². The summed E-state index contributed by atoms with van der Waals surface area (Å²) in [6.07, 6.45) is 2.50. The highest BCUT2D eigenvalue weighted by atomic mass is 16.7. The highest BCUT2D eigenvalue weighted by molar-refractivity contribution is 5.94. The van der Waals surface area contributed by atoms with Gasteiger partial charge >= 0.3 is 6.03 Å². The summed E-state index contributed by atoms with van der Waals surface area (Å²) in [6, 6.07) is 6.56. The van der Waals surface area contributed by atoms with Crippen molar-refractivity contribution >= 4 is 17.6 Å². The molecule has 3 fully saturated rings. The van der Waals surface area contributed by atoms with Gasteiger partial charge in [-0.05, 0) is 62.0 Å². The zero-order chi connectivity index (χ0) is 17.8. The summed E-state index contributed by atoms with van der Waals surface area (Å²) in [6.45, 7) is 4.21. The first-order valence-corrected chi connectivity index (χ1v) is 8.76. The Kier molecular flexibility index (Phi) is 5.55. The minimum atomic E-state index is -0.235. The predicted octanol–water partition coefficient (Wildman–Crippen LogP) is 1.78. The number of amides is 3. The number of hydroxylamine groups is 2. The van der Waals surface area contributed by atoms with Gasteiger partial charge in [0.05, 0.1) is 7.11 Å². The number of urea groups is 1. The van der Waals surface area contributed by atoms with Gasteiger partial charge in [-0.15, -0.1) is 0 Å². The van der Waals surface area contributed by atoms with Gasteiger partial charge in [-0.1, -0.05) is 0 Å². The van der Waals surface area contributed by atoms with Crippen LogP contribution in [0.25, 0.3) is 0 Å². The maximum Gasteiger partial charge on any atom is 0.319 e. The van der Waals surface area contributed by atoms with Crippen LogP contribution in [0.3, 0.4) is 0 Å². The van der Waals surface area contributed by atoms with E-state index in [1.54, 1.807) is 31.3 Å². The van der Waals surface area contributed by atoms with E-state index in [4.69, 9.17) is 4.84 Å². The number of nitrogens with one attached hydrogen (secondary N) is 2. The molecule has 2 N–H and O–H groups in total. The van der Waals surface area contributed by atoms with Gasteiger partial charge in [0.2, 0.25) is 0 Å². The van der Waals surface area contributed by atoms with E-state index in [2.05, 4.69) is 15.5 Å².